The lowest BCUT2D eigenvalue weighted by atomic mass is 9.46. The fourth-order valence-corrected chi connectivity index (χ4v) is 12.1. The molecule has 6 heteroatoms. The molecule has 5 fully saturated rings. The van der Waals surface area contributed by atoms with Crippen molar-refractivity contribution in [2.75, 3.05) is 20.8 Å². The summed E-state index contributed by atoms with van der Waals surface area (Å²) < 4.78 is 16.6. The van der Waals surface area contributed by atoms with Crippen LogP contribution in [0.4, 0.5) is 0 Å². The van der Waals surface area contributed by atoms with Gasteiger partial charge in [-0.15, -0.1) is 25.7 Å². The Bertz CT molecular complexity index is 1080. The van der Waals surface area contributed by atoms with Crippen molar-refractivity contribution in [2.24, 2.45) is 45.3 Å². The molecule has 3 N–H and O–H groups in total. The Kier molecular flexibility index (Phi) is 12.6. The van der Waals surface area contributed by atoms with Gasteiger partial charge >= 0.3 is 0 Å². The summed E-state index contributed by atoms with van der Waals surface area (Å²) in [6, 6.07) is 0. The third-order valence-electron chi connectivity index (χ3n) is 13.8. The molecule has 5 aliphatic carbocycles. The zero-order chi connectivity index (χ0) is 34.7. The van der Waals surface area contributed by atoms with E-state index in [-0.39, 0.29) is 18.5 Å². The number of ether oxygens (including phenoxy) is 3. The number of hydrogen-bond donors (Lipinski definition) is 3. The van der Waals surface area contributed by atoms with Crippen LogP contribution in [0.1, 0.15) is 125 Å². The van der Waals surface area contributed by atoms with Crippen LogP contribution in [-0.2, 0) is 14.2 Å². The van der Waals surface area contributed by atoms with Crippen molar-refractivity contribution in [3.63, 3.8) is 0 Å². The number of aliphatic hydroxyl groups is 3. The molecule has 10 atom stereocenters. The average Bonchev–Trinajstić information content (AvgIpc) is 3.40. The second-order valence-corrected chi connectivity index (χ2v) is 16.5. The van der Waals surface area contributed by atoms with Gasteiger partial charge in [-0.25, -0.2) is 0 Å². The summed E-state index contributed by atoms with van der Waals surface area (Å²) in [7, 11) is 2.59. The third kappa shape index (κ3) is 6.56. The fraction of sp³-hybridized carbons (Fsp3) is 0.850. The molecular weight excluding hydrogens is 576 g/mol. The van der Waals surface area contributed by atoms with E-state index in [4.69, 9.17) is 24.4 Å². The topological polar surface area (TPSA) is 88.4 Å². The first-order valence-electron chi connectivity index (χ1n) is 17.8. The van der Waals surface area contributed by atoms with Crippen molar-refractivity contribution in [1.29, 1.82) is 0 Å². The summed E-state index contributed by atoms with van der Waals surface area (Å²) in [6.45, 7) is 14.9. The van der Waals surface area contributed by atoms with Gasteiger partial charge in [-0.2, -0.15) is 0 Å². The maximum Gasteiger partial charge on any atom is 0.159 e. The van der Waals surface area contributed by atoms with Crippen molar-refractivity contribution in [1.82, 2.24) is 0 Å². The zero-order valence-electron chi connectivity index (χ0n) is 30.3. The molecule has 4 saturated carbocycles. The smallest absolute Gasteiger partial charge is 0.159 e. The Morgan fingerprint density at radius 2 is 1.59 bits per heavy atom. The Morgan fingerprint density at radius 1 is 0.913 bits per heavy atom. The quantitative estimate of drug-likeness (QED) is 0.277. The molecule has 1 saturated heterocycles. The molecule has 262 valence electrons. The van der Waals surface area contributed by atoms with Crippen molar-refractivity contribution in [3.05, 3.63) is 11.3 Å². The fourth-order valence-electron chi connectivity index (χ4n) is 12.1. The molecule has 0 bridgehead atoms. The molecular formula is C40H66O6. The lowest BCUT2D eigenvalue weighted by molar-refractivity contribution is -0.170. The molecule has 2 spiro atoms. The number of allylic oxidation sites excluding steroid dienone is 2. The summed E-state index contributed by atoms with van der Waals surface area (Å²) in [5.74, 6) is 4.97. The highest BCUT2D eigenvalue weighted by Gasteiger charge is 2.83. The Morgan fingerprint density at radius 3 is 2.17 bits per heavy atom. The zero-order valence-corrected chi connectivity index (χ0v) is 30.3. The van der Waals surface area contributed by atoms with E-state index in [0.717, 1.165) is 50.0 Å². The van der Waals surface area contributed by atoms with Crippen LogP contribution in [-0.4, -0.2) is 60.2 Å². The normalized spacial score (nSPS) is 42.6. The number of methoxy groups -OCH3 is 1. The standard InChI is InChI=1S/C29H46O2.C6H12O3.2C2H2.CH4O/c1-18-28-15-14-27(6)21-9-8-19(17-26(4,5)30)31-23(21)16-22(27)20(28)10-11-24-25(2,3)12-7-13-29(18,24)28;1-8-6-4-5(7)2-3-9-6;3*1-2/h18-20,22,24,30H,7-17H2,1-6H3;5-7H,2-4H2,1H3;2*1-2H;2H,1H3/t18-,19+,20-,22?,24?,27+,28-,29?;5-,6?;;;/m00.../s1. The molecule has 7 rings (SSSR count). The Hall–Kier alpha value is -1.54. The Labute approximate surface area is 281 Å². The number of hydrogen-bond acceptors (Lipinski definition) is 6. The maximum absolute atomic E-state index is 10.3. The van der Waals surface area contributed by atoms with Crippen molar-refractivity contribution >= 4 is 0 Å². The first-order chi connectivity index (χ1) is 21.8. The van der Waals surface area contributed by atoms with Crippen LogP contribution >= 0.6 is 0 Å². The Balaban J connectivity index is 0.000000325. The summed E-state index contributed by atoms with van der Waals surface area (Å²) >= 11 is 0. The van der Waals surface area contributed by atoms with Gasteiger partial charge in [0.15, 0.2) is 6.29 Å². The van der Waals surface area contributed by atoms with Crippen LogP contribution in [0.2, 0.25) is 0 Å². The minimum atomic E-state index is -0.635. The first kappa shape index (κ1) is 38.9. The van der Waals surface area contributed by atoms with Crippen LogP contribution < -0.4 is 0 Å². The lowest BCUT2D eigenvalue weighted by Gasteiger charge is -2.58. The highest BCUT2D eigenvalue weighted by molar-refractivity contribution is 5.37. The van der Waals surface area contributed by atoms with E-state index >= 15 is 0 Å². The number of rotatable bonds is 3. The molecule has 2 aliphatic heterocycles. The van der Waals surface area contributed by atoms with E-state index < -0.39 is 5.60 Å². The largest absolute Gasteiger partial charge is 0.495 e. The summed E-state index contributed by atoms with van der Waals surface area (Å²) in [5, 5.41) is 26.4. The number of aliphatic hydroxyl groups excluding tert-OH is 2. The van der Waals surface area contributed by atoms with Gasteiger partial charge in [0.2, 0.25) is 0 Å². The van der Waals surface area contributed by atoms with Gasteiger partial charge in [0, 0.05) is 33.5 Å². The predicted octanol–water partition coefficient (Wildman–Crippen LogP) is 7.50. The molecule has 46 heavy (non-hydrogen) atoms. The van der Waals surface area contributed by atoms with E-state index in [9.17, 15) is 5.11 Å². The molecule has 0 aromatic rings. The molecule has 2 heterocycles. The van der Waals surface area contributed by atoms with Crippen LogP contribution in [0.25, 0.3) is 0 Å². The molecule has 0 aromatic heterocycles. The maximum atomic E-state index is 10.3. The molecule has 4 unspecified atom stereocenters. The minimum absolute atomic E-state index is 0.186. The minimum Gasteiger partial charge on any atom is -0.495 e. The van der Waals surface area contributed by atoms with Crippen LogP contribution in [0.3, 0.4) is 0 Å². The highest BCUT2D eigenvalue weighted by atomic mass is 16.7. The van der Waals surface area contributed by atoms with Gasteiger partial charge in [-0.3, -0.25) is 0 Å². The molecule has 0 aromatic carbocycles. The third-order valence-corrected chi connectivity index (χ3v) is 13.8. The van der Waals surface area contributed by atoms with E-state index in [1.807, 2.05) is 13.8 Å². The summed E-state index contributed by atoms with van der Waals surface area (Å²) in [4.78, 5) is 0. The number of terminal acetylenes is 2. The van der Waals surface area contributed by atoms with Crippen LogP contribution in [0.5, 0.6) is 0 Å². The average molecular weight is 643 g/mol. The van der Waals surface area contributed by atoms with Gasteiger partial charge in [0.1, 0.15) is 6.10 Å². The second-order valence-electron chi connectivity index (χ2n) is 16.5. The van der Waals surface area contributed by atoms with Crippen molar-refractivity contribution < 1.29 is 29.5 Å². The van der Waals surface area contributed by atoms with E-state index in [1.54, 1.807) is 12.7 Å². The predicted molar refractivity (Wildman–Crippen MR) is 185 cm³/mol. The van der Waals surface area contributed by atoms with E-state index in [2.05, 4.69) is 53.4 Å². The molecule has 7 aliphatic rings. The number of fused-ring (bicyclic) bond motifs is 3. The van der Waals surface area contributed by atoms with E-state index in [0.29, 0.717) is 34.7 Å². The first-order valence-corrected chi connectivity index (χ1v) is 17.8. The molecule has 6 nitrogen and oxygen atoms in total. The second kappa shape index (κ2) is 14.9. The lowest BCUT2D eigenvalue weighted by Crippen LogP contribution is -2.50. The van der Waals surface area contributed by atoms with Gasteiger partial charge in [0.05, 0.1) is 24.1 Å². The SMILES string of the molecule is C#C.C#C.CO.COC1C[C@@H](O)CCO1.C[C@@H]1C23CCCC(C)(C)C2CC[C@H]2C4CC5=C(CC[C@H](CC(C)(C)O)O5)[C@@]4(C)CC[C@]123. The van der Waals surface area contributed by atoms with Gasteiger partial charge in [-0.05, 0) is 123 Å². The van der Waals surface area contributed by atoms with Gasteiger partial charge in [-0.1, -0.05) is 34.1 Å². The highest BCUT2D eigenvalue weighted by Crippen LogP contribution is 2.89. The van der Waals surface area contributed by atoms with Crippen LogP contribution in [0, 0.1) is 71.0 Å². The van der Waals surface area contributed by atoms with Crippen molar-refractivity contribution in [2.45, 2.75) is 149 Å². The van der Waals surface area contributed by atoms with Crippen molar-refractivity contribution in [3.8, 4) is 25.7 Å². The summed E-state index contributed by atoms with van der Waals surface area (Å²) in [5.41, 5.74) is 3.27. The molecule has 0 radical (unpaired) electrons. The summed E-state index contributed by atoms with van der Waals surface area (Å²) in [6.07, 6.45) is 31.6. The monoisotopic (exact) mass is 642 g/mol. The van der Waals surface area contributed by atoms with Crippen LogP contribution in [0.15, 0.2) is 11.3 Å². The van der Waals surface area contributed by atoms with Gasteiger partial charge in [0.25, 0.3) is 0 Å². The van der Waals surface area contributed by atoms with Gasteiger partial charge < -0.3 is 29.5 Å². The van der Waals surface area contributed by atoms with E-state index in [1.165, 1.54) is 63.5 Å². The molecule has 0 amide bonds.